The summed E-state index contributed by atoms with van der Waals surface area (Å²) in [6.45, 7) is 1.98. The summed E-state index contributed by atoms with van der Waals surface area (Å²) in [6, 6.07) is 0. The molecule has 0 radical (unpaired) electrons. The SMILES string of the molecule is C[C@H](CN)OC(N)=O. The fourth-order valence-corrected chi connectivity index (χ4v) is 0.246. The predicted molar refractivity (Wildman–Crippen MR) is 29.2 cm³/mol. The highest BCUT2D eigenvalue weighted by Gasteiger charge is 2.00. The molecule has 0 aliphatic heterocycles. The highest BCUT2D eigenvalue weighted by Crippen LogP contribution is 1.83. The van der Waals surface area contributed by atoms with Crippen LogP contribution < -0.4 is 11.5 Å². The first-order valence-electron chi connectivity index (χ1n) is 2.33. The number of carbonyl (C=O) groups is 1. The molecule has 0 bridgehead atoms. The number of rotatable bonds is 2. The Labute approximate surface area is 47.8 Å². The molecular weight excluding hydrogens is 108 g/mol. The zero-order chi connectivity index (χ0) is 6.57. The first kappa shape index (κ1) is 7.23. The summed E-state index contributed by atoms with van der Waals surface area (Å²) in [6.07, 6.45) is -1.05. The second kappa shape index (κ2) is 3.26. The zero-order valence-electron chi connectivity index (χ0n) is 4.76. The molecule has 1 amide bonds. The van der Waals surface area contributed by atoms with Crippen LogP contribution in [0.15, 0.2) is 0 Å². The van der Waals surface area contributed by atoms with Crippen LogP contribution in [-0.4, -0.2) is 18.7 Å². The van der Waals surface area contributed by atoms with Gasteiger partial charge in [-0.05, 0) is 6.92 Å². The number of primary amides is 1. The molecule has 0 aromatic rings. The molecule has 0 aliphatic rings. The van der Waals surface area contributed by atoms with E-state index in [-0.39, 0.29) is 6.10 Å². The fraction of sp³-hybridized carbons (Fsp3) is 0.750. The molecule has 8 heavy (non-hydrogen) atoms. The van der Waals surface area contributed by atoms with Gasteiger partial charge in [-0.3, -0.25) is 0 Å². The van der Waals surface area contributed by atoms with Crippen LogP contribution >= 0.6 is 0 Å². The minimum Gasteiger partial charge on any atom is -0.445 e. The van der Waals surface area contributed by atoms with Gasteiger partial charge in [-0.1, -0.05) is 0 Å². The quantitative estimate of drug-likeness (QED) is 0.509. The number of hydrogen-bond acceptors (Lipinski definition) is 3. The molecule has 0 spiro atoms. The smallest absolute Gasteiger partial charge is 0.404 e. The van der Waals surface area contributed by atoms with Crippen molar-refractivity contribution in [2.75, 3.05) is 6.54 Å². The summed E-state index contributed by atoms with van der Waals surface area (Å²) in [5.74, 6) is 0. The number of ether oxygens (including phenoxy) is 1. The van der Waals surface area contributed by atoms with Crippen molar-refractivity contribution >= 4 is 6.09 Å². The van der Waals surface area contributed by atoms with E-state index in [2.05, 4.69) is 10.5 Å². The van der Waals surface area contributed by atoms with Gasteiger partial charge in [0.05, 0.1) is 0 Å². The molecular formula is C4H10N2O2. The van der Waals surface area contributed by atoms with Gasteiger partial charge in [-0.15, -0.1) is 0 Å². The maximum Gasteiger partial charge on any atom is 0.404 e. The first-order chi connectivity index (χ1) is 3.66. The van der Waals surface area contributed by atoms with Crippen molar-refractivity contribution in [2.45, 2.75) is 13.0 Å². The van der Waals surface area contributed by atoms with Crippen LogP contribution in [-0.2, 0) is 4.74 Å². The summed E-state index contributed by atoms with van der Waals surface area (Å²) in [7, 11) is 0. The van der Waals surface area contributed by atoms with Crippen LogP contribution in [0.2, 0.25) is 0 Å². The molecule has 0 unspecified atom stereocenters. The predicted octanol–water partition coefficient (Wildman–Crippen LogP) is -0.571. The van der Waals surface area contributed by atoms with Crippen LogP contribution in [0.25, 0.3) is 0 Å². The Kier molecular flexibility index (Phi) is 2.95. The lowest BCUT2D eigenvalue weighted by Gasteiger charge is -2.05. The van der Waals surface area contributed by atoms with Gasteiger partial charge in [0.15, 0.2) is 0 Å². The summed E-state index contributed by atoms with van der Waals surface area (Å²) in [5, 5.41) is 0. The Morgan fingerprint density at radius 3 is 2.50 bits per heavy atom. The molecule has 0 heterocycles. The summed E-state index contributed by atoms with van der Waals surface area (Å²) in [4.78, 5) is 9.91. The van der Waals surface area contributed by atoms with Crippen molar-refractivity contribution < 1.29 is 9.53 Å². The number of hydrogen-bond donors (Lipinski definition) is 2. The first-order valence-corrected chi connectivity index (χ1v) is 2.33. The topological polar surface area (TPSA) is 78.3 Å². The van der Waals surface area contributed by atoms with Crippen LogP contribution in [0.3, 0.4) is 0 Å². The van der Waals surface area contributed by atoms with E-state index in [4.69, 9.17) is 5.73 Å². The van der Waals surface area contributed by atoms with Gasteiger partial charge in [-0.25, -0.2) is 4.79 Å². The normalized spacial score (nSPS) is 12.8. The van der Waals surface area contributed by atoms with Crippen molar-refractivity contribution in [3.63, 3.8) is 0 Å². The monoisotopic (exact) mass is 118 g/mol. The Morgan fingerprint density at radius 2 is 2.38 bits per heavy atom. The molecule has 0 rings (SSSR count). The van der Waals surface area contributed by atoms with E-state index >= 15 is 0 Å². The standard InChI is InChI=1S/C4H10N2O2/c1-3(2-5)8-4(6)7/h3H,2,5H2,1H3,(H2,6,7)/t3-/m1/s1. The Hall–Kier alpha value is -0.770. The molecule has 0 aromatic carbocycles. The van der Waals surface area contributed by atoms with E-state index in [0.29, 0.717) is 6.54 Å². The molecule has 4 N–H and O–H groups in total. The third-order valence-corrected chi connectivity index (χ3v) is 0.649. The molecule has 0 saturated carbocycles. The number of carbonyl (C=O) groups excluding carboxylic acids is 1. The average molecular weight is 118 g/mol. The molecule has 0 aromatic heterocycles. The zero-order valence-corrected chi connectivity index (χ0v) is 4.76. The highest BCUT2D eigenvalue weighted by molar-refractivity contribution is 5.64. The Morgan fingerprint density at radius 1 is 1.88 bits per heavy atom. The fourth-order valence-electron chi connectivity index (χ4n) is 0.246. The van der Waals surface area contributed by atoms with E-state index in [1.807, 2.05) is 0 Å². The van der Waals surface area contributed by atoms with Crippen molar-refractivity contribution in [2.24, 2.45) is 11.5 Å². The second-order valence-electron chi connectivity index (χ2n) is 1.48. The van der Waals surface area contributed by atoms with E-state index in [1.54, 1.807) is 6.92 Å². The highest BCUT2D eigenvalue weighted by atomic mass is 16.6. The molecule has 0 aliphatic carbocycles. The largest absolute Gasteiger partial charge is 0.445 e. The van der Waals surface area contributed by atoms with Crippen molar-refractivity contribution in [3.05, 3.63) is 0 Å². The molecule has 4 heteroatoms. The molecule has 4 nitrogen and oxygen atoms in total. The van der Waals surface area contributed by atoms with Gasteiger partial charge in [0.25, 0.3) is 0 Å². The van der Waals surface area contributed by atoms with Gasteiger partial charge in [0, 0.05) is 6.54 Å². The van der Waals surface area contributed by atoms with Gasteiger partial charge < -0.3 is 16.2 Å². The van der Waals surface area contributed by atoms with Crippen LogP contribution in [0, 0.1) is 0 Å². The Bertz CT molecular complexity index is 84.1. The summed E-state index contributed by atoms with van der Waals surface area (Å²) >= 11 is 0. The van der Waals surface area contributed by atoms with Gasteiger partial charge >= 0.3 is 6.09 Å². The number of amides is 1. The lowest BCUT2D eigenvalue weighted by molar-refractivity contribution is 0.120. The molecule has 0 saturated heterocycles. The molecule has 0 fully saturated rings. The van der Waals surface area contributed by atoms with Crippen molar-refractivity contribution in [1.29, 1.82) is 0 Å². The molecule has 1 atom stereocenters. The van der Waals surface area contributed by atoms with E-state index in [9.17, 15) is 4.79 Å². The van der Waals surface area contributed by atoms with Gasteiger partial charge in [0.1, 0.15) is 6.10 Å². The maximum atomic E-state index is 9.91. The Balaban J connectivity index is 3.24. The maximum absolute atomic E-state index is 9.91. The number of nitrogens with two attached hydrogens (primary N) is 2. The summed E-state index contributed by atoms with van der Waals surface area (Å²) in [5.41, 5.74) is 9.74. The molecule has 48 valence electrons. The van der Waals surface area contributed by atoms with Crippen LogP contribution in [0.4, 0.5) is 4.79 Å². The van der Waals surface area contributed by atoms with Crippen molar-refractivity contribution in [3.8, 4) is 0 Å². The van der Waals surface area contributed by atoms with E-state index < -0.39 is 6.09 Å². The second-order valence-corrected chi connectivity index (χ2v) is 1.48. The van der Waals surface area contributed by atoms with Crippen LogP contribution in [0.5, 0.6) is 0 Å². The van der Waals surface area contributed by atoms with Gasteiger partial charge in [0.2, 0.25) is 0 Å². The minimum absolute atomic E-state index is 0.271. The van der Waals surface area contributed by atoms with E-state index in [0.717, 1.165) is 0 Å². The lowest BCUT2D eigenvalue weighted by atomic mass is 10.4. The van der Waals surface area contributed by atoms with Crippen molar-refractivity contribution in [1.82, 2.24) is 0 Å². The lowest BCUT2D eigenvalue weighted by Crippen LogP contribution is -2.26. The van der Waals surface area contributed by atoms with Gasteiger partial charge in [-0.2, -0.15) is 0 Å². The third-order valence-electron chi connectivity index (χ3n) is 0.649. The van der Waals surface area contributed by atoms with E-state index in [1.165, 1.54) is 0 Å². The van der Waals surface area contributed by atoms with Crippen LogP contribution in [0.1, 0.15) is 6.92 Å². The summed E-state index contributed by atoms with van der Waals surface area (Å²) < 4.78 is 4.41. The average Bonchev–Trinajstić information content (AvgIpc) is 1.65. The minimum atomic E-state index is -0.775. The third kappa shape index (κ3) is 3.42.